The molecule has 0 fully saturated rings. The Hall–Kier alpha value is -2.52. The first kappa shape index (κ1) is 56.5. The number of aromatic hydroxyl groups is 1. The zero-order chi connectivity index (χ0) is 43.3. The van der Waals surface area contributed by atoms with Crippen LogP contribution in [-0.2, 0) is 42.8 Å². The van der Waals surface area contributed by atoms with Crippen molar-refractivity contribution in [1.29, 1.82) is 0 Å². The summed E-state index contributed by atoms with van der Waals surface area (Å²) in [4.78, 5) is 85.0. The van der Waals surface area contributed by atoms with E-state index in [9.17, 15) is 33.9 Å². The van der Waals surface area contributed by atoms with Crippen LogP contribution in [0.25, 0.3) is 43.6 Å². The number of rotatable bonds is 5. The van der Waals surface area contributed by atoms with Gasteiger partial charge in [-0.1, -0.05) is 39.3 Å². The third kappa shape index (κ3) is 12.2. The Morgan fingerprint density at radius 3 is 1.72 bits per heavy atom. The standard InChI is InChI=1S/C19H18N2O5.C15H14N2O3.C4H6Br2O2.CH2O3.CH4.2K.H/c1-5-25-19(24)18-21-14(23)7-10(3)12-8-11-9(2)6-13(22)20(4)15(11)17(26-18)16(12)21;1-7-4-11(18)16-13-9(7)6-10-8(2)5-12(19)17(3)14(10)15(13)20;1-2-8-4(7)3(5)6;2-1-4-3;;;;/h6-8,18H,5H2,1-4H3;4-6,20H,1-3H3,(H,16,18);3H,2H2,1H3;1,3H;1H4;;;/q;;;;;2*+1;-1/p-1. The molecule has 6 aromatic rings. The van der Waals surface area contributed by atoms with Crippen molar-refractivity contribution in [2.24, 2.45) is 14.1 Å². The SMILES string of the molecule is C.CCOC(=O)C(Br)Br.CCOC(=O)C1Oc2c3c(cc4c(C)cc(=O)n1c24)c(C)cc(=O)n3C.Cc1cc(=O)[nH]c2c(O)c3c(cc12)c(C)cc(=O)n3C.O=CO[O-].[H-].[K+].[K+]. The van der Waals surface area contributed by atoms with Crippen LogP contribution in [0.15, 0.2) is 55.6 Å². The van der Waals surface area contributed by atoms with Gasteiger partial charge in [0.2, 0.25) is 5.56 Å². The van der Waals surface area contributed by atoms with Crippen molar-refractivity contribution in [3.8, 4) is 11.5 Å². The summed E-state index contributed by atoms with van der Waals surface area (Å²) >= 11 is 5.97. The Bertz CT molecular complexity index is 2860. The molecule has 1 aliphatic rings. The molecule has 318 valence electrons. The summed E-state index contributed by atoms with van der Waals surface area (Å²) in [5.41, 5.74) is 4.05. The molecule has 21 heteroatoms. The van der Waals surface area contributed by atoms with E-state index in [2.05, 4.69) is 46.5 Å². The second-order valence-electron chi connectivity index (χ2n) is 12.8. The van der Waals surface area contributed by atoms with E-state index in [-0.39, 0.29) is 162 Å². The first-order valence-corrected chi connectivity index (χ1v) is 19.2. The normalized spacial score (nSPS) is 11.9. The van der Waals surface area contributed by atoms with Crippen LogP contribution in [0.5, 0.6) is 11.5 Å². The molecule has 0 radical (unpaired) electrons. The molecular formula is C40H44Br2K2N4O13. The quantitative estimate of drug-likeness (QED) is 0.0381. The number of alkyl halides is 2. The Morgan fingerprint density at radius 2 is 1.25 bits per heavy atom. The maximum absolute atomic E-state index is 12.6. The number of phenolic OH excluding ortho intramolecular Hbond substituents is 1. The second-order valence-corrected chi connectivity index (χ2v) is 15.9. The van der Waals surface area contributed by atoms with Crippen LogP contribution in [0.1, 0.15) is 51.2 Å². The zero-order valence-corrected chi connectivity index (χ0v) is 44.0. The average Bonchev–Trinajstić information content (AvgIpc) is 3.58. The second kappa shape index (κ2) is 24.5. The van der Waals surface area contributed by atoms with E-state index in [0.29, 0.717) is 34.4 Å². The van der Waals surface area contributed by atoms with Crippen molar-refractivity contribution in [2.75, 3.05) is 13.2 Å². The fourth-order valence-corrected chi connectivity index (χ4v) is 6.71. The van der Waals surface area contributed by atoms with E-state index in [4.69, 9.17) is 19.5 Å². The van der Waals surface area contributed by atoms with Crippen LogP contribution >= 0.6 is 31.9 Å². The van der Waals surface area contributed by atoms with Gasteiger partial charge in [-0.25, -0.2) is 9.59 Å². The van der Waals surface area contributed by atoms with E-state index in [1.807, 2.05) is 39.8 Å². The molecule has 4 aromatic heterocycles. The van der Waals surface area contributed by atoms with Gasteiger partial charge in [0.1, 0.15) is 5.52 Å². The van der Waals surface area contributed by atoms with E-state index >= 15 is 0 Å². The zero-order valence-electron chi connectivity index (χ0n) is 35.6. The molecule has 0 aliphatic carbocycles. The van der Waals surface area contributed by atoms with Gasteiger partial charge in [-0.2, -0.15) is 0 Å². The number of halogens is 2. The number of aromatic nitrogens is 4. The van der Waals surface area contributed by atoms with Crippen LogP contribution in [0.2, 0.25) is 0 Å². The molecule has 2 N–H and O–H groups in total. The van der Waals surface area contributed by atoms with Crippen LogP contribution in [0.4, 0.5) is 0 Å². The van der Waals surface area contributed by atoms with E-state index in [1.54, 1.807) is 34.0 Å². The van der Waals surface area contributed by atoms with Crippen LogP contribution in [0.3, 0.4) is 0 Å². The first-order valence-electron chi connectivity index (χ1n) is 17.4. The number of pyridine rings is 4. The first-order chi connectivity index (χ1) is 27.3. The number of phenols is 1. The average molecular weight is 1030 g/mol. The van der Waals surface area contributed by atoms with Crippen molar-refractivity contribution < 1.29 is 148 Å². The fraction of sp³-hybridized carbons (Fsp3) is 0.325. The summed E-state index contributed by atoms with van der Waals surface area (Å²) in [6.45, 7) is 11.2. The van der Waals surface area contributed by atoms with Gasteiger partial charge in [-0.05, 0) is 75.9 Å². The summed E-state index contributed by atoms with van der Waals surface area (Å²) in [7, 11) is 3.25. The number of hydrogen-bond acceptors (Lipinski definition) is 13. The monoisotopic (exact) mass is 1020 g/mol. The van der Waals surface area contributed by atoms with Gasteiger partial charge in [-0.3, -0.25) is 28.5 Å². The number of ether oxygens (including phenoxy) is 3. The number of carbonyl (C=O) groups excluding carboxylic acids is 3. The molecule has 17 nitrogen and oxygen atoms in total. The molecule has 61 heavy (non-hydrogen) atoms. The van der Waals surface area contributed by atoms with Gasteiger partial charge >= 0.3 is 115 Å². The minimum Gasteiger partial charge on any atom is -1.00 e. The number of carbonyl (C=O) groups is 3. The maximum atomic E-state index is 12.6. The van der Waals surface area contributed by atoms with Crippen molar-refractivity contribution in [3.63, 3.8) is 0 Å². The smallest absolute Gasteiger partial charge is 1.00 e. The molecular weight excluding hydrogens is 982 g/mol. The fourth-order valence-electron chi connectivity index (χ4n) is 6.44. The van der Waals surface area contributed by atoms with Crippen molar-refractivity contribution in [1.82, 2.24) is 18.7 Å². The molecule has 1 aliphatic heterocycles. The summed E-state index contributed by atoms with van der Waals surface area (Å²) in [5, 5.41) is 22.1. The minimum absolute atomic E-state index is 0. The van der Waals surface area contributed by atoms with Gasteiger partial charge in [0.25, 0.3) is 29.4 Å². The van der Waals surface area contributed by atoms with Gasteiger partial charge in [0, 0.05) is 59.9 Å². The molecule has 0 saturated heterocycles. The minimum atomic E-state index is -1.19. The number of benzene rings is 2. The number of aromatic amines is 1. The van der Waals surface area contributed by atoms with Gasteiger partial charge in [0.15, 0.2) is 15.2 Å². The molecule has 0 amide bonds. The molecule has 2 aromatic carbocycles. The number of hydrogen-bond donors (Lipinski definition) is 2. The third-order valence-corrected chi connectivity index (χ3v) is 9.83. The largest absolute Gasteiger partial charge is 1.00 e. The van der Waals surface area contributed by atoms with Crippen molar-refractivity contribution in [3.05, 3.63) is 100 Å². The third-order valence-electron chi connectivity index (χ3n) is 9.09. The van der Waals surface area contributed by atoms with E-state index in [0.717, 1.165) is 43.8 Å². The number of nitrogens with zero attached hydrogens (tertiary/aromatic N) is 3. The summed E-state index contributed by atoms with van der Waals surface area (Å²) in [5.74, 6) is -0.629. The van der Waals surface area contributed by atoms with Crippen molar-refractivity contribution >= 4 is 93.9 Å². The van der Waals surface area contributed by atoms with Crippen molar-refractivity contribution in [2.45, 2.75) is 58.9 Å². The molecule has 0 bridgehead atoms. The maximum Gasteiger partial charge on any atom is 1.00 e. The van der Waals surface area contributed by atoms with Gasteiger partial charge < -0.3 is 45.0 Å². The summed E-state index contributed by atoms with van der Waals surface area (Å²) in [6.07, 6.45) is -1.19. The molecule has 0 spiro atoms. The van der Waals surface area contributed by atoms with Crippen LogP contribution in [0, 0.1) is 27.7 Å². The number of aryl methyl sites for hydroxylation is 6. The van der Waals surface area contributed by atoms with Gasteiger partial charge in [-0.15, -0.1) is 0 Å². The Morgan fingerprint density at radius 1 is 0.803 bits per heavy atom. The molecule has 0 saturated carbocycles. The number of esters is 2. The molecule has 1 atom stereocenters. The van der Waals surface area contributed by atoms with E-state index < -0.39 is 12.2 Å². The van der Waals surface area contributed by atoms with E-state index in [1.165, 1.54) is 31.9 Å². The predicted octanol–water partition coefficient (Wildman–Crippen LogP) is -1.52. The Kier molecular flexibility index (Phi) is 22.7. The van der Waals surface area contributed by atoms with Crippen LogP contribution < -0.4 is 135 Å². The molecule has 1 unspecified atom stereocenters. The predicted molar refractivity (Wildman–Crippen MR) is 228 cm³/mol. The molecule has 5 heterocycles. The summed E-state index contributed by atoms with van der Waals surface area (Å²) < 4.78 is 19.3. The van der Waals surface area contributed by atoms with Gasteiger partial charge in [0.05, 0.1) is 29.8 Å². The Balaban J connectivity index is 0.000000922. The Labute approximate surface area is 452 Å². The number of nitrogens with one attached hydrogen (secondary N) is 1. The van der Waals surface area contributed by atoms with Crippen LogP contribution in [-0.4, -0.2) is 59.2 Å². The topological polar surface area (TPSA) is 230 Å². The number of H-pyrrole nitrogens is 1. The number of fused-ring (bicyclic) bond motifs is 4. The summed E-state index contributed by atoms with van der Waals surface area (Å²) in [6, 6.07) is 9.90. The molecule has 7 rings (SSSR count).